The molecule has 0 aliphatic carbocycles. The lowest BCUT2D eigenvalue weighted by molar-refractivity contribution is 0.0394. The van der Waals surface area contributed by atoms with E-state index in [1.54, 1.807) is 0 Å². The van der Waals surface area contributed by atoms with E-state index in [1.165, 1.54) is 5.39 Å². The Balaban J connectivity index is 1.44. The Bertz CT molecular complexity index is 724. The van der Waals surface area contributed by atoms with Crippen molar-refractivity contribution >= 4 is 16.7 Å². The van der Waals surface area contributed by atoms with Crippen LogP contribution in [0.15, 0.2) is 47.5 Å². The molecule has 1 fully saturated rings. The zero-order chi connectivity index (χ0) is 18.7. The van der Waals surface area contributed by atoms with Crippen molar-refractivity contribution in [1.82, 2.24) is 15.5 Å². The molecule has 2 N–H and O–H groups in total. The quantitative estimate of drug-likeness (QED) is 0.423. The third-order valence-electron chi connectivity index (χ3n) is 4.54. The first-order valence-electron chi connectivity index (χ1n) is 9.79. The molecule has 1 heterocycles. The number of fused-ring (bicyclic) bond motifs is 1. The third-order valence-corrected chi connectivity index (χ3v) is 4.54. The highest BCUT2D eigenvalue weighted by Gasteiger charge is 2.09. The van der Waals surface area contributed by atoms with Gasteiger partial charge in [-0.25, -0.2) is 0 Å². The summed E-state index contributed by atoms with van der Waals surface area (Å²) >= 11 is 0. The normalized spacial score (nSPS) is 15.7. The maximum atomic E-state index is 5.98. The number of aliphatic imine (C=N–C) groups is 1. The van der Waals surface area contributed by atoms with Crippen LogP contribution in [0.5, 0.6) is 5.75 Å². The Labute approximate surface area is 161 Å². The van der Waals surface area contributed by atoms with Crippen molar-refractivity contribution in [2.24, 2.45) is 4.99 Å². The molecule has 1 aliphatic rings. The van der Waals surface area contributed by atoms with Gasteiger partial charge in [-0.1, -0.05) is 36.4 Å². The molecule has 2 aromatic rings. The fraction of sp³-hybridized carbons (Fsp3) is 0.476. The van der Waals surface area contributed by atoms with E-state index in [-0.39, 0.29) is 0 Å². The van der Waals surface area contributed by atoms with Gasteiger partial charge < -0.3 is 20.1 Å². The Morgan fingerprint density at radius 3 is 2.78 bits per heavy atom. The molecule has 27 heavy (non-hydrogen) atoms. The molecule has 0 atom stereocenters. The SMILES string of the molecule is CCNC(=NCCN1CCOCC1)NCCOc1cccc2ccccc12. The molecule has 1 aliphatic heterocycles. The monoisotopic (exact) mass is 370 g/mol. The van der Waals surface area contributed by atoms with Crippen LogP contribution in [0.2, 0.25) is 0 Å². The number of benzene rings is 2. The van der Waals surface area contributed by atoms with Crippen LogP contribution in [-0.4, -0.2) is 69.9 Å². The summed E-state index contributed by atoms with van der Waals surface area (Å²) in [5, 5.41) is 8.98. The van der Waals surface area contributed by atoms with Crippen LogP contribution < -0.4 is 15.4 Å². The van der Waals surface area contributed by atoms with Crippen molar-refractivity contribution < 1.29 is 9.47 Å². The van der Waals surface area contributed by atoms with E-state index < -0.39 is 0 Å². The highest BCUT2D eigenvalue weighted by molar-refractivity contribution is 5.88. The number of nitrogens with zero attached hydrogens (tertiary/aromatic N) is 2. The summed E-state index contributed by atoms with van der Waals surface area (Å²) in [6.07, 6.45) is 0. The number of ether oxygens (including phenoxy) is 2. The van der Waals surface area contributed by atoms with E-state index in [0.29, 0.717) is 13.2 Å². The summed E-state index contributed by atoms with van der Waals surface area (Å²) in [6, 6.07) is 14.4. The van der Waals surface area contributed by atoms with Gasteiger partial charge in [-0.2, -0.15) is 0 Å². The van der Waals surface area contributed by atoms with Gasteiger partial charge in [0.15, 0.2) is 5.96 Å². The first-order valence-corrected chi connectivity index (χ1v) is 9.79. The van der Waals surface area contributed by atoms with Gasteiger partial charge in [-0.15, -0.1) is 0 Å². The molecule has 2 aromatic carbocycles. The largest absolute Gasteiger partial charge is 0.491 e. The number of hydrogen-bond acceptors (Lipinski definition) is 4. The van der Waals surface area contributed by atoms with E-state index in [0.717, 1.165) is 63.0 Å². The summed E-state index contributed by atoms with van der Waals surface area (Å²) in [6.45, 7) is 9.59. The minimum absolute atomic E-state index is 0.585. The molecule has 1 saturated heterocycles. The van der Waals surface area contributed by atoms with Gasteiger partial charge in [0.1, 0.15) is 12.4 Å². The number of morpholine rings is 1. The topological polar surface area (TPSA) is 58.1 Å². The molecule has 6 nitrogen and oxygen atoms in total. The van der Waals surface area contributed by atoms with Crippen LogP contribution in [0.1, 0.15) is 6.92 Å². The smallest absolute Gasteiger partial charge is 0.191 e. The van der Waals surface area contributed by atoms with Crippen LogP contribution in [0.25, 0.3) is 10.8 Å². The van der Waals surface area contributed by atoms with Crippen LogP contribution in [0, 0.1) is 0 Å². The van der Waals surface area contributed by atoms with Gasteiger partial charge in [-0.3, -0.25) is 9.89 Å². The van der Waals surface area contributed by atoms with Crippen molar-refractivity contribution in [2.75, 3.05) is 59.1 Å². The summed E-state index contributed by atoms with van der Waals surface area (Å²) in [4.78, 5) is 7.05. The minimum Gasteiger partial charge on any atom is -0.491 e. The van der Waals surface area contributed by atoms with E-state index >= 15 is 0 Å². The average Bonchev–Trinajstić information content (AvgIpc) is 2.72. The van der Waals surface area contributed by atoms with Crippen LogP contribution in [0.3, 0.4) is 0 Å². The Morgan fingerprint density at radius 2 is 1.93 bits per heavy atom. The van der Waals surface area contributed by atoms with Crippen LogP contribution in [-0.2, 0) is 4.74 Å². The second kappa shape index (κ2) is 10.7. The maximum absolute atomic E-state index is 5.98. The lowest BCUT2D eigenvalue weighted by Gasteiger charge is -2.25. The summed E-state index contributed by atoms with van der Waals surface area (Å²) in [7, 11) is 0. The summed E-state index contributed by atoms with van der Waals surface area (Å²) in [5.41, 5.74) is 0. The van der Waals surface area contributed by atoms with Gasteiger partial charge in [0.25, 0.3) is 0 Å². The van der Waals surface area contributed by atoms with Gasteiger partial charge in [0.2, 0.25) is 0 Å². The number of nitrogens with one attached hydrogen (secondary N) is 2. The standard InChI is InChI=1S/C21H30N4O2/c1-2-22-21(23-10-12-25-13-16-26-17-14-25)24-11-15-27-20-9-5-7-18-6-3-4-8-19(18)20/h3-9H,2,10-17H2,1H3,(H2,22,23,24). The Hall–Kier alpha value is -2.31. The predicted octanol–water partition coefficient (Wildman–Crippen LogP) is 2.11. The highest BCUT2D eigenvalue weighted by atomic mass is 16.5. The molecule has 0 radical (unpaired) electrons. The Morgan fingerprint density at radius 1 is 1.11 bits per heavy atom. The second-order valence-corrected chi connectivity index (χ2v) is 6.47. The summed E-state index contributed by atoms with van der Waals surface area (Å²) < 4.78 is 11.4. The molecular weight excluding hydrogens is 340 g/mol. The molecule has 3 rings (SSSR count). The molecule has 6 heteroatoms. The number of rotatable bonds is 8. The summed E-state index contributed by atoms with van der Waals surface area (Å²) in [5.74, 6) is 1.76. The van der Waals surface area contributed by atoms with E-state index in [4.69, 9.17) is 9.47 Å². The van der Waals surface area contributed by atoms with Crippen LogP contribution in [0.4, 0.5) is 0 Å². The number of hydrogen-bond donors (Lipinski definition) is 2. The minimum atomic E-state index is 0.585. The lowest BCUT2D eigenvalue weighted by Crippen LogP contribution is -2.41. The van der Waals surface area contributed by atoms with Crippen molar-refractivity contribution in [3.05, 3.63) is 42.5 Å². The molecule has 0 aromatic heterocycles. The molecule has 0 spiro atoms. The third kappa shape index (κ3) is 6.12. The van der Waals surface area contributed by atoms with Gasteiger partial charge >= 0.3 is 0 Å². The molecule has 0 amide bonds. The van der Waals surface area contributed by atoms with E-state index in [1.807, 2.05) is 24.3 Å². The van der Waals surface area contributed by atoms with Gasteiger partial charge in [0.05, 0.1) is 26.3 Å². The lowest BCUT2D eigenvalue weighted by atomic mass is 10.1. The Kier molecular flexibility index (Phi) is 7.74. The highest BCUT2D eigenvalue weighted by Crippen LogP contribution is 2.24. The van der Waals surface area contributed by atoms with E-state index in [9.17, 15) is 0 Å². The second-order valence-electron chi connectivity index (χ2n) is 6.47. The predicted molar refractivity (Wildman–Crippen MR) is 111 cm³/mol. The fourth-order valence-corrected chi connectivity index (χ4v) is 3.12. The van der Waals surface area contributed by atoms with Crippen molar-refractivity contribution in [3.63, 3.8) is 0 Å². The van der Waals surface area contributed by atoms with E-state index in [2.05, 4.69) is 45.6 Å². The zero-order valence-corrected chi connectivity index (χ0v) is 16.1. The average molecular weight is 370 g/mol. The molecule has 0 unspecified atom stereocenters. The molecule has 0 saturated carbocycles. The number of guanidine groups is 1. The molecular formula is C21H30N4O2. The van der Waals surface area contributed by atoms with Crippen molar-refractivity contribution in [1.29, 1.82) is 0 Å². The first-order chi connectivity index (χ1) is 13.4. The first kappa shape index (κ1) is 19.5. The van der Waals surface area contributed by atoms with Crippen LogP contribution >= 0.6 is 0 Å². The zero-order valence-electron chi connectivity index (χ0n) is 16.1. The molecule has 146 valence electrons. The van der Waals surface area contributed by atoms with Gasteiger partial charge in [0, 0.05) is 31.6 Å². The molecule has 0 bridgehead atoms. The van der Waals surface area contributed by atoms with Crippen molar-refractivity contribution in [3.8, 4) is 5.75 Å². The fourth-order valence-electron chi connectivity index (χ4n) is 3.12. The van der Waals surface area contributed by atoms with Gasteiger partial charge in [-0.05, 0) is 18.4 Å². The van der Waals surface area contributed by atoms with Crippen molar-refractivity contribution in [2.45, 2.75) is 6.92 Å². The maximum Gasteiger partial charge on any atom is 0.191 e.